The van der Waals surface area contributed by atoms with Crippen LogP contribution in [0.5, 0.6) is 11.5 Å². The van der Waals surface area contributed by atoms with Gasteiger partial charge in [0.1, 0.15) is 0 Å². The Morgan fingerprint density at radius 3 is 2.06 bits per heavy atom. The quantitative estimate of drug-likeness (QED) is 0.171. The highest BCUT2D eigenvalue weighted by Crippen LogP contribution is 2.42. The lowest BCUT2D eigenvalue weighted by Gasteiger charge is -2.33. The van der Waals surface area contributed by atoms with Gasteiger partial charge in [0, 0.05) is 6.42 Å². The first kappa shape index (κ1) is 29.2. The SMILES string of the molecule is CCCC1CCC(C(F)(F)Oc2ccc(OCCCCCCCCCCC(=O)O)c(F)c2F)CC1. The van der Waals surface area contributed by atoms with Gasteiger partial charge in [-0.15, -0.1) is 0 Å². The Morgan fingerprint density at radius 1 is 0.914 bits per heavy atom. The molecule has 0 aromatic heterocycles. The molecule has 1 aliphatic carbocycles. The first-order chi connectivity index (χ1) is 16.7. The van der Waals surface area contributed by atoms with E-state index in [0.29, 0.717) is 44.4 Å². The molecule has 0 atom stereocenters. The average Bonchev–Trinajstić information content (AvgIpc) is 2.82. The molecule has 35 heavy (non-hydrogen) atoms. The van der Waals surface area contributed by atoms with E-state index >= 15 is 0 Å². The molecule has 0 bridgehead atoms. The van der Waals surface area contributed by atoms with E-state index in [1.54, 1.807) is 0 Å². The van der Waals surface area contributed by atoms with Gasteiger partial charge in [-0.1, -0.05) is 58.3 Å². The second kappa shape index (κ2) is 15.2. The second-order valence-corrected chi connectivity index (χ2v) is 9.68. The van der Waals surface area contributed by atoms with Crippen molar-refractivity contribution in [2.45, 2.75) is 109 Å². The number of hydrogen-bond donors (Lipinski definition) is 1. The van der Waals surface area contributed by atoms with Crippen LogP contribution in [0.15, 0.2) is 12.1 Å². The number of carboxylic acid groups (broad SMARTS) is 1. The third-order valence-corrected chi connectivity index (χ3v) is 6.82. The van der Waals surface area contributed by atoms with Gasteiger partial charge in [-0.2, -0.15) is 17.6 Å². The van der Waals surface area contributed by atoms with Crippen LogP contribution >= 0.6 is 0 Å². The highest BCUT2D eigenvalue weighted by molar-refractivity contribution is 5.66. The summed E-state index contributed by atoms with van der Waals surface area (Å²) < 4.78 is 68.1. The van der Waals surface area contributed by atoms with E-state index in [2.05, 4.69) is 11.7 Å². The Kier molecular flexibility index (Phi) is 12.7. The predicted molar refractivity (Wildman–Crippen MR) is 127 cm³/mol. The molecule has 200 valence electrons. The monoisotopic (exact) mass is 504 g/mol. The normalized spacial score (nSPS) is 18.4. The summed E-state index contributed by atoms with van der Waals surface area (Å²) in [4.78, 5) is 10.4. The molecule has 1 aromatic carbocycles. The maximum Gasteiger partial charge on any atom is 0.400 e. The zero-order valence-electron chi connectivity index (χ0n) is 20.8. The lowest BCUT2D eigenvalue weighted by molar-refractivity contribution is -0.224. The summed E-state index contributed by atoms with van der Waals surface area (Å²) in [6, 6.07) is 2.15. The van der Waals surface area contributed by atoms with Gasteiger partial charge in [-0.05, 0) is 56.6 Å². The van der Waals surface area contributed by atoms with Crippen LogP contribution in [0, 0.1) is 23.5 Å². The van der Waals surface area contributed by atoms with E-state index < -0.39 is 35.4 Å². The molecular formula is C27H40F4O4. The number of benzene rings is 1. The molecule has 8 heteroatoms. The Morgan fingerprint density at radius 2 is 1.46 bits per heavy atom. The Bertz CT molecular complexity index is 764. The van der Waals surface area contributed by atoms with Crippen LogP contribution in [-0.4, -0.2) is 23.8 Å². The Hall–Kier alpha value is -1.99. The van der Waals surface area contributed by atoms with Crippen molar-refractivity contribution in [2.24, 2.45) is 11.8 Å². The molecule has 0 amide bonds. The topological polar surface area (TPSA) is 55.8 Å². The minimum Gasteiger partial charge on any atom is -0.490 e. The second-order valence-electron chi connectivity index (χ2n) is 9.68. The van der Waals surface area contributed by atoms with Gasteiger partial charge in [0.15, 0.2) is 11.5 Å². The Labute approximate surface area is 206 Å². The molecule has 2 rings (SSSR count). The van der Waals surface area contributed by atoms with Crippen molar-refractivity contribution in [2.75, 3.05) is 6.61 Å². The number of hydrogen-bond acceptors (Lipinski definition) is 3. The molecule has 0 aliphatic heterocycles. The molecule has 4 nitrogen and oxygen atoms in total. The van der Waals surface area contributed by atoms with Crippen LogP contribution in [0.3, 0.4) is 0 Å². The van der Waals surface area contributed by atoms with Crippen LogP contribution in [0.25, 0.3) is 0 Å². The van der Waals surface area contributed by atoms with Gasteiger partial charge in [0.2, 0.25) is 11.6 Å². The highest BCUT2D eigenvalue weighted by atomic mass is 19.3. The Balaban J connectivity index is 1.69. The zero-order valence-corrected chi connectivity index (χ0v) is 20.8. The zero-order chi connectivity index (χ0) is 25.7. The maximum atomic E-state index is 14.6. The summed E-state index contributed by atoms with van der Waals surface area (Å²) in [6.07, 6.45) is 7.92. The summed E-state index contributed by atoms with van der Waals surface area (Å²) in [5.41, 5.74) is 0. The predicted octanol–water partition coefficient (Wildman–Crippen LogP) is 8.52. The van der Waals surface area contributed by atoms with Crippen molar-refractivity contribution in [1.82, 2.24) is 0 Å². The van der Waals surface area contributed by atoms with E-state index in [-0.39, 0.29) is 18.8 Å². The lowest BCUT2D eigenvalue weighted by atomic mass is 9.79. The average molecular weight is 505 g/mol. The molecule has 1 aromatic rings. The van der Waals surface area contributed by atoms with Gasteiger partial charge in [0.05, 0.1) is 12.5 Å². The number of carbonyl (C=O) groups is 1. The summed E-state index contributed by atoms with van der Waals surface area (Å²) >= 11 is 0. The van der Waals surface area contributed by atoms with Crippen molar-refractivity contribution < 1.29 is 36.9 Å². The van der Waals surface area contributed by atoms with Crippen LogP contribution < -0.4 is 9.47 Å². The third-order valence-electron chi connectivity index (χ3n) is 6.82. The fourth-order valence-electron chi connectivity index (χ4n) is 4.75. The van der Waals surface area contributed by atoms with Crippen molar-refractivity contribution in [3.05, 3.63) is 23.8 Å². The number of halogens is 4. The fraction of sp³-hybridized carbons (Fsp3) is 0.741. The molecular weight excluding hydrogens is 464 g/mol. The third kappa shape index (κ3) is 10.3. The van der Waals surface area contributed by atoms with Crippen molar-refractivity contribution in [1.29, 1.82) is 0 Å². The van der Waals surface area contributed by atoms with Gasteiger partial charge < -0.3 is 14.6 Å². The number of unbranched alkanes of at least 4 members (excludes halogenated alkanes) is 7. The molecule has 1 N–H and O–H groups in total. The number of rotatable bonds is 17. The minimum absolute atomic E-state index is 0.201. The number of carboxylic acids is 1. The van der Waals surface area contributed by atoms with E-state index in [0.717, 1.165) is 63.5 Å². The lowest BCUT2D eigenvalue weighted by Crippen LogP contribution is -2.37. The van der Waals surface area contributed by atoms with Gasteiger partial charge >= 0.3 is 12.1 Å². The molecule has 1 aliphatic rings. The first-order valence-electron chi connectivity index (χ1n) is 13.1. The molecule has 0 saturated heterocycles. The highest BCUT2D eigenvalue weighted by Gasteiger charge is 2.44. The minimum atomic E-state index is -3.55. The van der Waals surface area contributed by atoms with Crippen molar-refractivity contribution >= 4 is 5.97 Å². The van der Waals surface area contributed by atoms with Crippen LogP contribution in [0.1, 0.15) is 103 Å². The summed E-state index contributed by atoms with van der Waals surface area (Å²) in [5.74, 6) is -5.18. The maximum absolute atomic E-state index is 14.6. The molecule has 0 radical (unpaired) electrons. The van der Waals surface area contributed by atoms with E-state index in [9.17, 15) is 22.4 Å². The smallest absolute Gasteiger partial charge is 0.400 e. The van der Waals surface area contributed by atoms with E-state index in [1.165, 1.54) is 0 Å². The molecule has 0 spiro atoms. The molecule has 1 saturated carbocycles. The van der Waals surface area contributed by atoms with E-state index in [4.69, 9.17) is 9.84 Å². The van der Waals surface area contributed by atoms with Crippen LogP contribution in [0.2, 0.25) is 0 Å². The summed E-state index contributed by atoms with van der Waals surface area (Å²) in [6.45, 7) is 2.28. The number of alkyl halides is 2. The molecule has 1 fully saturated rings. The number of ether oxygens (including phenoxy) is 2. The standard InChI is InChI=1S/C27H40F4O4/c1-2-11-20-13-15-21(16-14-20)27(30,31)35-23-18-17-22(25(28)26(23)29)34-19-10-8-6-4-3-5-7-9-12-24(32)33/h17-18,20-21H,2-16,19H2,1H3,(H,32,33). The van der Waals surface area contributed by atoms with E-state index in [1.807, 2.05) is 0 Å². The summed E-state index contributed by atoms with van der Waals surface area (Å²) in [5, 5.41) is 8.59. The van der Waals surface area contributed by atoms with Gasteiger partial charge in [-0.25, -0.2) is 0 Å². The fourth-order valence-corrected chi connectivity index (χ4v) is 4.75. The van der Waals surface area contributed by atoms with Gasteiger partial charge in [-0.3, -0.25) is 4.79 Å². The van der Waals surface area contributed by atoms with Crippen LogP contribution in [0.4, 0.5) is 17.6 Å². The van der Waals surface area contributed by atoms with Crippen molar-refractivity contribution in [3.8, 4) is 11.5 Å². The molecule has 0 heterocycles. The van der Waals surface area contributed by atoms with Crippen LogP contribution in [-0.2, 0) is 4.79 Å². The largest absolute Gasteiger partial charge is 0.490 e. The number of aliphatic carboxylic acids is 1. The van der Waals surface area contributed by atoms with Gasteiger partial charge in [0.25, 0.3) is 0 Å². The first-order valence-corrected chi connectivity index (χ1v) is 13.1. The molecule has 0 unspecified atom stereocenters. The summed E-state index contributed by atoms with van der Waals surface area (Å²) in [7, 11) is 0. The van der Waals surface area contributed by atoms with Crippen molar-refractivity contribution in [3.63, 3.8) is 0 Å².